The summed E-state index contributed by atoms with van der Waals surface area (Å²) in [6.07, 6.45) is 6.16. The quantitative estimate of drug-likeness (QED) is 0.552. The standard InChI is InChI=1S/C16H28ClNO3/c1-12(2)6-4-5-8-16(3)9-7-13(21-11-16)15(20)18-10-14(17)19/h12-13H,4-11H2,1-3H3,(H,18,20). The van der Waals surface area contributed by atoms with Crippen LogP contribution in [0.15, 0.2) is 0 Å². The molecule has 1 aliphatic rings. The maximum atomic E-state index is 11.8. The zero-order chi connectivity index (χ0) is 15.9. The molecular formula is C16H28ClNO3. The molecular weight excluding hydrogens is 290 g/mol. The Morgan fingerprint density at radius 1 is 1.38 bits per heavy atom. The van der Waals surface area contributed by atoms with Gasteiger partial charge in [-0.25, -0.2) is 0 Å². The van der Waals surface area contributed by atoms with Crippen molar-refractivity contribution in [3.05, 3.63) is 0 Å². The van der Waals surface area contributed by atoms with Crippen LogP contribution in [0.2, 0.25) is 0 Å². The normalized spacial score (nSPS) is 25.9. The second-order valence-corrected chi connectivity index (χ2v) is 7.28. The summed E-state index contributed by atoms with van der Waals surface area (Å²) < 4.78 is 5.70. The number of carbonyl (C=O) groups is 2. The van der Waals surface area contributed by atoms with Crippen LogP contribution in [0.4, 0.5) is 0 Å². The molecule has 0 aliphatic carbocycles. The van der Waals surface area contributed by atoms with Gasteiger partial charge < -0.3 is 10.1 Å². The van der Waals surface area contributed by atoms with Crippen molar-refractivity contribution in [2.75, 3.05) is 13.2 Å². The van der Waals surface area contributed by atoms with Crippen molar-refractivity contribution in [2.24, 2.45) is 11.3 Å². The highest BCUT2D eigenvalue weighted by Crippen LogP contribution is 2.35. The minimum absolute atomic E-state index is 0.132. The van der Waals surface area contributed by atoms with Crippen LogP contribution >= 0.6 is 11.6 Å². The van der Waals surface area contributed by atoms with E-state index in [0.29, 0.717) is 13.0 Å². The Morgan fingerprint density at radius 3 is 2.62 bits per heavy atom. The molecule has 0 aromatic heterocycles. The van der Waals surface area contributed by atoms with Gasteiger partial charge in [-0.15, -0.1) is 0 Å². The highest BCUT2D eigenvalue weighted by atomic mass is 35.5. The molecule has 1 N–H and O–H groups in total. The van der Waals surface area contributed by atoms with E-state index in [1.807, 2.05) is 0 Å². The molecule has 1 rings (SSSR count). The average Bonchev–Trinajstić information content (AvgIpc) is 2.41. The topological polar surface area (TPSA) is 55.4 Å². The average molecular weight is 318 g/mol. The summed E-state index contributed by atoms with van der Waals surface area (Å²) in [6, 6.07) is 0. The first kappa shape index (κ1) is 18.4. The Bertz CT molecular complexity index is 349. The smallest absolute Gasteiger partial charge is 0.249 e. The van der Waals surface area contributed by atoms with Gasteiger partial charge in [0.2, 0.25) is 11.1 Å². The van der Waals surface area contributed by atoms with Crippen LogP contribution in [-0.4, -0.2) is 30.4 Å². The van der Waals surface area contributed by atoms with Crippen LogP contribution < -0.4 is 5.32 Å². The molecule has 1 amide bonds. The van der Waals surface area contributed by atoms with Gasteiger partial charge in [0.15, 0.2) is 0 Å². The van der Waals surface area contributed by atoms with Crippen LogP contribution in [0.5, 0.6) is 0 Å². The fourth-order valence-corrected chi connectivity index (χ4v) is 2.78. The van der Waals surface area contributed by atoms with Crippen LogP contribution in [0.3, 0.4) is 0 Å². The van der Waals surface area contributed by atoms with Crippen molar-refractivity contribution >= 4 is 22.8 Å². The lowest BCUT2D eigenvalue weighted by Gasteiger charge is -2.37. The van der Waals surface area contributed by atoms with E-state index in [4.69, 9.17) is 16.3 Å². The lowest BCUT2D eigenvalue weighted by atomic mass is 9.78. The summed E-state index contributed by atoms with van der Waals surface area (Å²) >= 11 is 5.20. The summed E-state index contributed by atoms with van der Waals surface area (Å²) in [6.45, 7) is 7.22. The molecule has 0 aromatic rings. The number of amides is 1. The van der Waals surface area contributed by atoms with Crippen LogP contribution in [0, 0.1) is 11.3 Å². The maximum absolute atomic E-state index is 11.8. The highest BCUT2D eigenvalue weighted by Gasteiger charge is 2.34. The number of carbonyl (C=O) groups excluding carboxylic acids is 2. The predicted molar refractivity (Wildman–Crippen MR) is 84.3 cm³/mol. The molecule has 2 atom stereocenters. The molecule has 0 aromatic carbocycles. The first-order valence-corrected chi connectivity index (χ1v) is 8.28. The summed E-state index contributed by atoms with van der Waals surface area (Å²) in [5.41, 5.74) is 0.177. The van der Waals surface area contributed by atoms with Crippen molar-refractivity contribution in [3.8, 4) is 0 Å². The van der Waals surface area contributed by atoms with Crippen LogP contribution in [-0.2, 0) is 14.3 Å². The van der Waals surface area contributed by atoms with Crippen molar-refractivity contribution in [2.45, 2.75) is 65.4 Å². The summed E-state index contributed by atoms with van der Waals surface area (Å²) in [5, 5.41) is 1.94. The van der Waals surface area contributed by atoms with E-state index >= 15 is 0 Å². The number of hydrogen-bond acceptors (Lipinski definition) is 3. The lowest BCUT2D eigenvalue weighted by Crippen LogP contribution is -2.44. The molecule has 1 aliphatic heterocycles. The van der Waals surface area contributed by atoms with Crippen molar-refractivity contribution in [1.29, 1.82) is 0 Å². The van der Waals surface area contributed by atoms with E-state index in [-0.39, 0.29) is 17.9 Å². The van der Waals surface area contributed by atoms with Gasteiger partial charge in [-0.05, 0) is 42.2 Å². The minimum atomic E-state index is -0.561. The molecule has 1 heterocycles. The first-order valence-electron chi connectivity index (χ1n) is 7.90. The molecule has 21 heavy (non-hydrogen) atoms. The van der Waals surface area contributed by atoms with Gasteiger partial charge in [0.25, 0.3) is 0 Å². The third-order valence-electron chi connectivity index (χ3n) is 4.15. The molecule has 5 heteroatoms. The molecule has 0 saturated carbocycles. The Labute approximate surface area is 132 Å². The van der Waals surface area contributed by atoms with Crippen molar-refractivity contribution < 1.29 is 14.3 Å². The van der Waals surface area contributed by atoms with Crippen molar-refractivity contribution in [3.63, 3.8) is 0 Å². The predicted octanol–water partition coefficient (Wildman–Crippen LogP) is 3.27. The fraction of sp³-hybridized carbons (Fsp3) is 0.875. The van der Waals surface area contributed by atoms with Gasteiger partial charge in [0.05, 0.1) is 13.2 Å². The van der Waals surface area contributed by atoms with E-state index in [1.165, 1.54) is 19.3 Å². The SMILES string of the molecule is CC(C)CCCCC1(C)CCC(C(=O)NCC(=O)Cl)OC1. The molecule has 0 bridgehead atoms. The second-order valence-electron chi connectivity index (χ2n) is 6.86. The number of unbranched alkanes of at least 4 members (excludes halogenated alkanes) is 1. The second kappa shape index (κ2) is 8.74. The molecule has 2 unspecified atom stereocenters. The number of rotatable bonds is 8. The monoisotopic (exact) mass is 317 g/mol. The minimum Gasteiger partial charge on any atom is -0.368 e. The van der Waals surface area contributed by atoms with Gasteiger partial charge in [-0.2, -0.15) is 0 Å². The number of ether oxygens (including phenoxy) is 1. The van der Waals surface area contributed by atoms with E-state index in [9.17, 15) is 9.59 Å². The van der Waals surface area contributed by atoms with E-state index in [2.05, 4.69) is 26.1 Å². The fourth-order valence-electron chi connectivity index (χ4n) is 2.72. The maximum Gasteiger partial charge on any atom is 0.249 e. The molecule has 0 radical (unpaired) electrons. The molecule has 4 nitrogen and oxygen atoms in total. The largest absolute Gasteiger partial charge is 0.368 e. The van der Waals surface area contributed by atoms with Gasteiger partial charge in [0.1, 0.15) is 6.10 Å². The summed E-state index contributed by atoms with van der Waals surface area (Å²) in [7, 11) is 0. The van der Waals surface area contributed by atoms with E-state index in [0.717, 1.165) is 18.8 Å². The summed E-state index contributed by atoms with van der Waals surface area (Å²) in [4.78, 5) is 22.4. The van der Waals surface area contributed by atoms with Crippen LogP contribution in [0.1, 0.15) is 59.3 Å². The summed E-state index contributed by atoms with van der Waals surface area (Å²) in [5.74, 6) is 0.531. The van der Waals surface area contributed by atoms with Crippen molar-refractivity contribution in [1.82, 2.24) is 5.32 Å². The van der Waals surface area contributed by atoms with Gasteiger partial charge >= 0.3 is 0 Å². The first-order chi connectivity index (χ1) is 9.82. The molecule has 122 valence electrons. The van der Waals surface area contributed by atoms with E-state index in [1.54, 1.807) is 0 Å². The molecule has 0 spiro atoms. The lowest BCUT2D eigenvalue weighted by molar-refractivity contribution is -0.142. The van der Waals surface area contributed by atoms with Gasteiger partial charge in [0, 0.05) is 0 Å². The Hall–Kier alpha value is -0.610. The highest BCUT2D eigenvalue weighted by molar-refractivity contribution is 6.64. The Kier molecular flexibility index (Phi) is 7.67. The van der Waals surface area contributed by atoms with Crippen LogP contribution in [0.25, 0.3) is 0 Å². The molecule has 1 fully saturated rings. The van der Waals surface area contributed by atoms with Gasteiger partial charge in [-0.3, -0.25) is 9.59 Å². The number of halogens is 1. The molecule has 1 saturated heterocycles. The third-order valence-corrected chi connectivity index (χ3v) is 4.28. The zero-order valence-electron chi connectivity index (χ0n) is 13.4. The van der Waals surface area contributed by atoms with E-state index < -0.39 is 11.3 Å². The number of nitrogens with one attached hydrogen (secondary N) is 1. The number of hydrogen-bond donors (Lipinski definition) is 1. The Balaban J connectivity index is 2.26. The Morgan fingerprint density at radius 2 is 2.10 bits per heavy atom. The van der Waals surface area contributed by atoms with Gasteiger partial charge in [-0.1, -0.05) is 40.0 Å². The zero-order valence-corrected chi connectivity index (χ0v) is 14.2. The third kappa shape index (κ3) is 7.28.